The van der Waals surface area contributed by atoms with Crippen LogP contribution in [0.25, 0.3) is 22.2 Å². The van der Waals surface area contributed by atoms with E-state index in [4.69, 9.17) is 15.2 Å². The van der Waals surface area contributed by atoms with Gasteiger partial charge in [0.2, 0.25) is 5.95 Å². The number of nitrogens with zero attached hydrogens (tertiary/aromatic N) is 5. The molecule has 0 radical (unpaired) electrons. The van der Waals surface area contributed by atoms with E-state index >= 15 is 0 Å². The summed E-state index contributed by atoms with van der Waals surface area (Å²) in [6.45, 7) is 4.00. The molecule has 0 bridgehead atoms. The number of aromatic nitrogens is 5. The molecular weight excluding hydrogens is 432 g/mol. The highest BCUT2D eigenvalue weighted by atomic mass is 16.5. The summed E-state index contributed by atoms with van der Waals surface area (Å²) in [4.78, 5) is 22.1. The Hall–Kier alpha value is -3.72. The third-order valence-electron chi connectivity index (χ3n) is 6.61. The molecule has 0 amide bonds. The highest BCUT2D eigenvalue weighted by Crippen LogP contribution is 2.31. The standard InChI is InChI=1S/C25H28N6O3/c1-16(17-8-11-34-12-9-17)31-10-4-5-18(24(31)32)14-30-15-19(13-27-30)22-20-6-3-7-21(33-2)23(20)29-25(26)28-22/h3-7,10,13,15-17H,8-9,11-12,14H2,1-2H3,(H2,26,28,29). The van der Waals surface area contributed by atoms with Gasteiger partial charge in [-0.3, -0.25) is 9.48 Å². The molecule has 3 aromatic heterocycles. The number of hydrogen-bond acceptors (Lipinski definition) is 7. The molecule has 0 saturated carbocycles. The van der Waals surface area contributed by atoms with Crippen LogP contribution in [0.4, 0.5) is 5.95 Å². The number of methoxy groups -OCH3 is 1. The van der Waals surface area contributed by atoms with Gasteiger partial charge in [-0.15, -0.1) is 0 Å². The highest BCUT2D eigenvalue weighted by Gasteiger charge is 2.23. The summed E-state index contributed by atoms with van der Waals surface area (Å²) in [6.07, 6.45) is 7.43. The molecule has 176 valence electrons. The van der Waals surface area contributed by atoms with Crippen molar-refractivity contribution in [3.05, 3.63) is 64.8 Å². The van der Waals surface area contributed by atoms with Gasteiger partial charge in [-0.2, -0.15) is 5.10 Å². The summed E-state index contributed by atoms with van der Waals surface area (Å²) in [7, 11) is 1.60. The van der Waals surface area contributed by atoms with Crippen molar-refractivity contribution in [1.29, 1.82) is 0 Å². The Balaban J connectivity index is 1.44. The number of anilines is 1. The summed E-state index contributed by atoms with van der Waals surface area (Å²) < 4.78 is 14.5. The average Bonchev–Trinajstić information content (AvgIpc) is 3.33. The van der Waals surface area contributed by atoms with Gasteiger partial charge in [0.1, 0.15) is 11.3 Å². The van der Waals surface area contributed by atoms with E-state index in [9.17, 15) is 4.79 Å². The smallest absolute Gasteiger partial charge is 0.255 e. The lowest BCUT2D eigenvalue weighted by atomic mass is 9.92. The van der Waals surface area contributed by atoms with E-state index in [0.717, 1.165) is 37.0 Å². The minimum atomic E-state index is 0.0139. The van der Waals surface area contributed by atoms with Crippen molar-refractivity contribution >= 4 is 16.9 Å². The molecule has 2 N–H and O–H groups in total. The Morgan fingerprint density at radius 2 is 2.03 bits per heavy atom. The predicted octanol–water partition coefficient (Wildman–Crippen LogP) is 3.28. The van der Waals surface area contributed by atoms with Crippen LogP contribution in [0.3, 0.4) is 0 Å². The number of ether oxygens (including phenoxy) is 2. The quantitative estimate of drug-likeness (QED) is 0.470. The maximum atomic E-state index is 13.3. The lowest BCUT2D eigenvalue weighted by Crippen LogP contribution is -2.32. The van der Waals surface area contributed by atoms with Crippen molar-refractivity contribution in [1.82, 2.24) is 24.3 Å². The molecular formula is C25H28N6O3. The van der Waals surface area contributed by atoms with Crippen LogP contribution in [-0.4, -0.2) is 44.6 Å². The monoisotopic (exact) mass is 460 g/mol. The van der Waals surface area contributed by atoms with Crippen LogP contribution < -0.4 is 16.0 Å². The molecule has 0 aliphatic carbocycles. The topological polar surface area (TPSA) is 110 Å². The zero-order valence-corrected chi connectivity index (χ0v) is 19.3. The van der Waals surface area contributed by atoms with Crippen LogP contribution in [0, 0.1) is 5.92 Å². The van der Waals surface area contributed by atoms with E-state index in [0.29, 0.717) is 35.0 Å². The van der Waals surface area contributed by atoms with Crippen LogP contribution >= 0.6 is 0 Å². The van der Waals surface area contributed by atoms with Crippen molar-refractivity contribution in [2.24, 2.45) is 5.92 Å². The predicted molar refractivity (Wildman–Crippen MR) is 130 cm³/mol. The Labute approximate surface area is 197 Å². The van der Waals surface area contributed by atoms with E-state index in [1.165, 1.54) is 0 Å². The van der Waals surface area contributed by atoms with E-state index in [-0.39, 0.29) is 17.5 Å². The maximum Gasteiger partial charge on any atom is 0.255 e. The lowest BCUT2D eigenvalue weighted by Gasteiger charge is -2.29. The molecule has 1 aromatic carbocycles. The highest BCUT2D eigenvalue weighted by molar-refractivity contribution is 5.96. The van der Waals surface area contributed by atoms with E-state index in [1.54, 1.807) is 18.0 Å². The number of benzene rings is 1. The second kappa shape index (κ2) is 9.26. The van der Waals surface area contributed by atoms with Gasteiger partial charge in [0.15, 0.2) is 0 Å². The summed E-state index contributed by atoms with van der Waals surface area (Å²) in [5.74, 6) is 1.23. The van der Waals surface area contributed by atoms with Gasteiger partial charge in [-0.1, -0.05) is 18.2 Å². The SMILES string of the molecule is COc1cccc2c(-c3cnn(Cc4cccn(C(C)C5CCOCC5)c4=O)c3)nc(N)nc12. The van der Waals surface area contributed by atoms with Crippen molar-refractivity contribution in [2.45, 2.75) is 32.4 Å². The summed E-state index contributed by atoms with van der Waals surface area (Å²) in [5, 5.41) is 5.31. The number of pyridine rings is 1. The van der Waals surface area contributed by atoms with E-state index < -0.39 is 0 Å². The van der Waals surface area contributed by atoms with Gasteiger partial charge in [0, 0.05) is 48.2 Å². The van der Waals surface area contributed by atoms with Gasteiger partial charge in [-0.05, 0) is 37.8 Å². The Bertz CT molecular complexity index is 1370. The third kappa shape index (κ3) is 4.14. The summed E-state index contributed by atoms with van der Waals surface area (Å²) >= 11 is 0. The van der Waals surface area contributed by atoms with Crippen molar-refractivity contribution < 1.29 is 9.47 Å². The molecule has 1 saturated heterocycles. The van der Waals surface area contributed by atoms with Crippen LogP contribution in [0.2, 0.25) is 0 Å². The summed E-state index contributed by atoms with van der Waals surface area (Å²) in [5.41, 5.74) is 8.79. The first kappa shape index (κ1) is 22.1. The Kier molecular flexibility index (Phi) is 6.02. The molecule has 1 fully saturated rings. The van der Waals surface area contributed by atoms with Crippen LogP contribution in [-0.2, 0) is 11.3 Å². The molecule has 9 heteroatoms. The molecule has 1 unspecified atom stereocenters. The van der Waals surface area contributed by atoms with Crippen LogP contribution in [0.15, 0.2) is 53.7 Å². The number of para-hydroxylation sites is 1. The van der Waals surface area contributed by atoms with Gasteiger partial charge in [-0.25, -0.2) is 9.97 Å². The fraction of sp³-hybridized carbons (Fsp3) is 0.360. The first-order chi connectivity index (χ1) is 16.5. The normalized spacial score (nSPS) is 15.5. The third-order valence-corrected chi connectivity index (χ3v) is 6.61. The molecule has 5 rings (SSSR count). The van der Waals surface area contributed by atoms with Crippen LogP contribution in [0.1, 0.15) is 31.4 Å². The molecule has 4 heterocycles. The number of fused-ring (bicyclic) bond motifs is 1. The first-order valence-electron chi connectivity index (χ1n) is 11.5. The Morgan fingerprint density at radius 1 is 1.21 bits per heavy atom. The average molecular weight is 461 g/mol. The number of hydrogen-bond donors (Lipinski definition) is 1. The van der Waals surface area contributed by atoms with Crippen molar-refractivity contribution in [3.63, 3.8) is 0 Å². The lowest BCUT2D eigenvalue weighted by molar-refractivity contribution is 0.0508. The first-order valence-corrected chi connectivity index (χ1v) is 11.5. The molecule has 4 aromatic rings. The van der Waals surface area contributed by atoms with Crippen molar-refractivity contribution in [3.8, 4) is 17.0 Å². The van der Waals surface area contributed by atoms with Gasteiger partial charge in [0.05, 0.1) is 25.5 Å². The largest absolute Gasteiger partial charge is 0.494 e. The van der Waals surface area contributed by atoms with Gasteiger partial charge in [0.25, 0.3) is 5.56 Å². The molecule has 1 atom stereocenters. The van der Waals surface area contributed by atoms with Crippen LogP contribution in [0.5, 0.6) is 5.75 Å². The fourth-order valence-corrected chi connectivity index (χ4v) is 4.70. The molecule has 34 heavy (non-hydrogen) atoms. The Morgan fingerprint density at radius 3 is 2.82 bits per heavy atom. The number of rotatable bonds is 6. The molecule has 1 aliphatic heterocycles. The molecule has 0 spiro atoms. The zero-order valence-electron chi connectivity index (χ0n) is 19.3. The number of nitrogen functional groups attached to an aromatic ring is 1. The molecule has 9 nitrogen and oxygen atoms in total. The second-order valence-corrected chi connectivity index (χ2v) is 8.65. The fourth-order valence-electron chi connectivity index (χ4n) is 4.70. The van der Waals surface area contributed by atoms with Gasteiger partial charge < -0.3 is 19.8 Å². The van der Waals surface area contributed by atoms with Crippen molar-refractivity contribution in [2.75, 3.05) is 26.1 Å². The molecule has 1 aliphatic rings. The van der Waals surface area contributed by atoms with E-state index in [2.05, 4.69) is 22.0 Å². The minimum Gasteiger partial charge on any atom is -0.494 e. The van der Waals surface area contributed by atoms with Gasteiger partial charge >= 0.3 is 0 Å². The second-order valence-electron chi connectivity index (χ2n) is 8.65. The minimum absolute atomic E-state index is 0.0139. The maximum absolute atomic E-state index is 13.3. The number of nitrogens with two attached hydrogens (primary N) is 1. The summed E-state index contributed by atoms with van der Waals surface area (Å²) in [6, 6.07) is 9.57. The van der Waals surface area contributed by atoms with E-state index in [1.807, 2.05) is 47.3 Å². The zero-order chi connectivity index (χ0) is 23.7.